The van der Waals surface area contributed by atoms with E-state index >= 15 is 0 Å². The highest BCUT2D eigenvalue weighted by molar-refractivity contribution is 6.18. The zero-order valence-electron chi connectivity index (χ0n) is 33.2. The summed E-state index contributed by atoms with van der Waals surface area (Å²) in [6, 6.07) is 80.5. The van der Waals surface area contributed by atoms with Crippen LogP contribution in [0.5, 0.6) is 0 Å². The summed E-state index contributed by atoms with van der Waals surface area (Å²) in [4.78, 5) is 10.8. The Morgan fingerprint density at radius 2 is 0.869 bits per heavy atom. The first-order valence-electron chi connectivity index (χ1n) is 20.8. The molecular formula is C58H37N3. The maximum absolute atomic E-state index is 5.44. The van der Waals surface area contributed by atoms with Crippen LogP contribution >= 0.6 is 0 Å². The van der Waals surface area contributed by atoms with Gasteiger partial charge in [-0.3, -0.25) is 0 Å². The van der Waals surface area contributed by atoms with Crippen LogP contribution in [0.25, 0.3) is 116 Å². The highest BCUT2D eigenvalue weighted by Crippen LogP contribution is 2.42. The summed E-state index contributed by atoms with van der Waals surface area (Å²) < 4.78 is 2.41. The molecule has 0 spiro atoms. The first-order valence-corrected chi connectivity index (χ1v) is 20.8. The van der Waals surface area contributed by atoms with Crippen LogP contribution in [0.4, 0.5) is 0 Å². The Hall–Kier alpha value is -8.14. The molecule has 2 aromatic heterocycles. The van der Waals surface area contributed by atoms with Crippen molar-refractivity contribution in [3.05, 3.63) is 224 Å². The van der Waals surface area contributed by atoms with E-state index in [0.29, 0.717) is 5.82 Å². The third-order valence-electron chi connectivity index (χ3n) is 12.2. The number of aromatic nitrogens is 3. The van der Waals surface area contributed by atoms with E-state index in [4.69, 9.17) is 9.97 Å². The maximum atomic E-state index is 5.44. The van der Waals surface area contributed by atoms with Crippen LogP contribution in [-0.2, 0) is 0 Å². The molecule has 0 unspecified atom stereocenters. The third-order valence-corrected chi connectivity index (χ3v) is 12.2. The number of benzene rings is 10. The first-order chi connectivity index (χ1) is 30.2. The summed E-state index contributed by atoms with van der Waals surface area (Å²) in [5.41, 5.74) is 14.3. The molecule has 0 aliphatic heterocycles. The maximum Gasteiger partial charge on any atom is 0.160 e. The van der Waals surface area contributed by atoms with Crippen LogP contribution in [0.2, 0.25) is 0 Å². The number of hydrogen-bond acceptors (Lipinski definition) is 2. The largest absolute Gasteiger partial charge is 0.309 e. The van der Waals surface area contributed by atoms with Crippen LogP contribution in [0, 0.1) is 0 Å². The Morgan fingerprint density at radius 1 is 0.311 bits per heavy atom. The predicted molar refractivity (Wildman–Crippen MR) is 256 cm³/mol. The van der Waals surface area contributed by atoms with Gasteiger partial charge in [0.2, 0.25) is 0 Å². The van der Waals surface area contributed by atoms with Gasteiger partial charge in [-0.1, -0.05) is 164 Å². The molecule has 0 fully saturated rings. The minimum Gasteiger partial charge on any atom is -0.309 e. The third kappa shape index (κ3) is 5.98. The number of nitrogens with zero attached hydrogens (tertiary/aromatic N) is 3. The second-order valence-corrected chi connectivity index (χ2v) is 15.8. The summed E-state index contributed by atoms with van der Waals surface area (Å²) in [6.07, 6.45) is 0. The fourth-order valence-electron chi connectivity index (χ4n) is 9.22. The molecule has 3 nitrogen and oxygen atoms in total. The summed E-state index contributed by atoms with van der Waals surface area (Å²) in [5, 5.41) is 8.32. The molecule has 3 heteroatoms. The van der Waals surface area contributed by atoms with Gasteiger partial charge in [0.05, 0.1) is 22.2 Å². The SMILES string of the molecule is c1ccc(-c2cc3nc(-c4ccc(-n5c6cc7ccccc7cc6c6c(-c7ccccc7)cccc65)cc4)nc(-c4ccc5ccccc5c4)c3cc2-c2ccccc2)cc1. The van der Waals surface area contributed by atoms with Crippen LogP contribution in [-0.4, -0.2) is 14.5 Å². The van der Waals surface area contributed by atoms with E-state index in [1.807, 2.05) is 0 Å². The highest BCUT2D eigenvalue weighted by Gasteiger charge is 2.20. The molecule has 0 amide bonds. The summed E-state index contributed by atoms with van der Waals surface area (Å²) in [6.45, 7) is 0. The fourth-order valence-corrected chi connectivity index (χ4v) is 9.22. The topological polar surface area (TPSA) is 30.7 Å². The van der Waals surface area contributed by atoms with Gasteiger partial charge in [-0.15, -0.1) is 0 Å². The Morgan fingerprint density at radius 3 is 1.54 bits per heavy atom. The lowest BCUT2D eigenvalue weighted by Gasteiger charge is -2.16. The molecule has 0 bridgehead atoms. The quantitative estimate of drug-likeness (QED) is 0.168. The molecule has 61 heavy (non-hydrogen) atoms. The lowest BCUT2D eigenvalue weighted by molar-refractivity contribution is 1.18. The van der Waals surface area contributed by atoms with E-state index in [2.05, 4.69) is 229 Å². The van der Waals surface area contributed by atoms with Gasteiger partial charge in [-0.05, 0) is 116 Å². The predicted octanol–water partition coefficient (Wildman–Crippen LogP) is 15.4. The summed E-state index contributed by atoms with van der Waals surface area (Å²) in [7, 11) is 0. The molecule has 284 valence electrons. The minimum absolute atomic E-state index is 0.688. The van der Waals surface area contributed by atoms with E-state index in [1.165, 1.54) is 54.5 Å². The van der Waals surface area contributed by atoms with E-state index in [9.17, 15) is 0 Å². The average Bonchev–Trinajstić information content (AvgIpc) is 3.66. The minimum atomic E-state index is 0.688. The zero-order chi connectivity index (χ0) is 40.3. The van der Waals surface area contributed by atoms with Crippen LogP contribution in [0.15, 0.2) is 224 Å². The molecule has 2 heterocycles. The van der Waals surface area contributed by atoms with Crippen LogP contribution < -0.4 is 0 Å². The molecule has 0 N–H and O–H groups in total. The van der Waals surface area contributed by atoms with Gasteiger partial charge in [-0.25, -0.2) is 9.97 Å². The van der Waals surface area contributed by atoms with Gasteiger partial charge in [0.15, 0.2) is 5.82 Å². The molecular weight excluding hydrogens is 739 g/mol. The van der Waals surface area contributed by atoms with Gasteiger partial charge >= 0.3 is 0 Å². The molecule has 0 saturated carbocycles. The van der Waals surface area contributed by atoms with Gasteiger partial charge < -0.3 is 4.57 Å². The number of hydrogen-bond donors (Lipinski definition) is 0. The van der Waals surface area contributed by atoms with Crippen molar-refractivity contribution in [2.75, 3.05) is 0 Å². The molecule has 12 aromatic rings. The smallest absolute Gasteiger partial charge is 0.160 e. The van der Waals surface area contributed by atoms with E-state index in [1.54, 1.807) is 0 Å². The Labute approximate surface area is 353 Å². The van der Waals surface area contributed by atoms with Crippen molar-refractivity contribution in [3.8, 4) is 61.7 Å². The fraction of sp³-hybridized carbons (Fsp3) is 0. The summed E-state index contributed by atoms with van der Waals surface area (Å²) in [5.74, 6) is 0.688. The molecule has 10 aromatic carbocycles. The monoisotopic (exact) mass is 775 g/mol. The average molecular weight is 776 g/mol. The Bertz CT molecular complexity index is 3610. The highest BCUT2D eigenvalue weighted by atomic mass is 15.0. The van der Waals surface area contributed by atoms with Crippen molar-refractivity contribution in [1.29, 1.82) is 0 Å². The van der Waals surface area contributed by atoms with Crippen molar-refractivity contribution >= 4 is 54.3 Å². The first kappa shape index (κ1) is 34.9. The Kier molecular flexibility index (Phi) is 8.17. The van der Waals surface area contributed by atoms with Crippen molar-refractivity contribution in [2.24, 2.45) is 0 Å². The lowest BCUT2D eigenvalue weighted by atomic mass is 9.91. The van der Waals surface area contributed by atoms with Gasteiger partial charge in [0.25, 0.3) is 0 Å². The van der Waals surface area contributed by atoms with E-state index in [0.717, 1.165) is 55.7 Å². The van der Waals surface area contributed by atoms with Gasteiger partial charge in [0.1, 0.15) is 0 Å². The van der Waals surface area contributed by atoms with Crippen molar-refractivity contribution in [2.45, 2.75) is 0 Å². The van der Waals surface area contributed by atoms with E-state index < -0.39 is 0 Å². The zero-order valence-corrected chi connectivity index (χ0v) is 33.2. The van der Waals surface area contributed by atoms with Crippen LogP contribution in [0.3, 0.4) is 0 Å². The molecule has 0 radical (unpaired) electrons. The standard InChI is InChI=1S/C58H37N3/c1-4-16-39(17-5-1)48-25-14-26-54-56(48)52-34-44-23-12-13-24-45(44)35-55(52)61(54)47-31-29-42(30-32-47)58-59-53-37-50(41-20-8-3-9-21-41)49(40-18-6-2-7-19-40)36-51(53)57(60-58)46-28-27-38-15-10-11-22-43(38)33-46/h1-37H. The number of rotatable bonds is 6. The van der Waals surface area contributed by atoms with Gasteiger partial charge in [0, 0.05) is 33.0 Å². The second-order valence-electron chi connectivity index (χ2n) is 15.8. The van der Waals surface area contributed by atoms with E-state index in [-0.39, 0.29) is 0 Å². The molecule has 12 rings (SSSR count). The van der Waals surface area contributed by atoms with Crippen molar-refractivity contribution in [1.82, 2.24) is 14.5 Å². The molecule has 0 saturated heterocycles. The van der Waals surface area contributed by atoms with Crippen molar-refractivity contribution in [3.63, 3.8) is 0 Å². The lowest BCUT2D eigenvalue weighted by Crippen LogP contribution is -1.98. The molecule has 0 aliphatic carbocycles. The summed E-state index contributed by atoms with van der Waals surface area (Å²) >= 11 is 0. The normalized spacial score (nSPS) is 11.6. The molecule has 0 atom stereocenters. The van der Waals surface area contributed by atoms with Crippen molar-refractivity contribution < 1.29 is 0 Å². The Balaban J connectivity index is 1.07. The van der Waals surface area contributed by atoms with Crippen LogP contribution in [0.1, 0.15) is 0 Å². The van der Waals surface area contributed by atoms with Gasteiger partial charge in [-0.2, -0.15) is 0 Å². The molecule has 0 aliphatic rings. The number of fused-ring (bicyclic) bond motifs is 6. The second kappa shape index (κ2) is 14.3.